The lowest BCUT2D eigenvalue weighted by molar-refractivity contribution is 0.0427. The molecule has 0 bridgehead atoms. The first-order chi connectivity index (χ1) is 10.1. The number of hydrogen-bond acceptors (Lipinski definition) is 3. The highest BCUT2D eigenvalue weighted by Gasteiger charge is 2.25. The summed E-state index contributed by atoms with van der Waals surface area (Å²) >= 11 is 0. The van der Waals surface area contributed by atoms with Crippen LogP contribution in [0.15, 0.2) is 42.0 Å². The molecule has 2 rings (SSSR count). The molecule has 1 heterocycles. The van der Waals surface area contributed by atoms with Crippen LogP contribution in [0.5, 0.6) is 0 Å². The third-order valence-corrected chi connectivity index (χ3v) is 4.20. The van der Waals surface area contributed by atoms with Crippen molar-refractivity contribution in [1.29, 1.82) is 0 Å². The molecule has 0 unspecified atom stereocenters. The van der Waals surface area contributed by atoms with Gasteiger partial charge in [0.15, 0.2) is 0 Å². The number of β-amino-alcohol motifs (C(OH)–C–C–N with tert-alkyl or cyclic N) is 1. The second kappa shape index (κ2) is 7.74. The number of nitrogens with zero attached hydrogens (tertiary/aromatic N) is 2. The smallest absolute Gasteiger partial charge is 0.0917 e. The summed E-state index contributed by atoms with van der Waals surface area (Å²) in [4.78, 5) is 4.89. The average molecular weight is 288 g/mol. The standard InChI is InChI=1S/C18H28N2O/c1-15(2)9-10-19-11-12-20(16(3)13-19)14-18(21)17-7-5-4-6-8-17/h4-9,16,18,21H,10-14H2,1-3H3/t16-,18-/m1/s1. The number of benzene rings is 1. The summed E-state index contributed by atoms with van der Waals surface area (Å²) in [6.07, 6.45) is 1.90. The predicted molar refractivity (Wildman–Crippen MR) is 88.3 cm³/mol. The predicted octanol–water partition coefficient (Wildman–Crippen LogP) is 2.69. The summed E-state index contributed by atoms with van der Waals surface area (Å²) in [7, 11) is 0. The van der Waals surface area contributed by atoms with Crippen LogP contribution in [-0.4, -0.2) is 53.7 Å². The molecule has 1 aliphatic heterocycles. The third-order valence-electron chi connectivity index (χ3n) is 4.20. The molecule has 0 spiro atoms. The van der Waals surface area contributed by atoms with E-state index in [9.17, 15) is 5.11 Å². The molecule has 1 N–H and O–H groups in total. The van der Waals surface area contributed by atoms with E-state index in [2.05, 4.69) is 36.6 Å². The van der Waals surface area contributed by atoms with Gasteiger partial charge in [0, 0.05) is 38.8 Å². The zero-order valence-corrected chi connectivity index (χ0v) is 13.5. The van der Waals surface area contributed by atoms with Gasteiger partial charge in [0.1, 0.15) is 0 Å². The molecule has 0 amide bonds. The Morgan fingerprint density at radius 3 is 2.62 bits per heavy atom. The minimum absolute atomic E-state index is 0.391. The normalized spacial score (nSPS) is 22.0. The van der Waals surface area contributed by atoms with Crippen molar-refractivity contribution in [3.8, 4) is 0 Å². The van der Waals surface area contributed by atoms with E-state index in [0.29, 0.717) is 6.04 Å². The first kappa shape index (κ1) is 16.2. The van der Waals surface area contributed by atoms with Crippen LogP contribution in [0.3, 0.4) is 0 Å². The SMILES string of the molecule is CC(C)=CCN1CCN(C[C@@H](O)c2ccccc2)[C@H](C)C1. The van der Waals surface area contributed by atoms with Gasteiger partial charge in [-0.25, -0.2) is 0 Å². The second-order valence-electron chi connectivity index (χ2n) is 6.31. The van der Waals surface area contributed by atoms with Gasteiger partial charge >= 0.3 is 0 Å². The Balaban J connectivity index is 1.85. The molecule has 0 aliphatic carbocycles. The first-order valence-corrected chi connectivity index (χ1v) is 7.89. The van der Waals surface area contributed by atoms with Gasteiger partial charge in [-0.3, -0.25) is 9.80 Å². The maximum atomic E-state index is 10.4. The fraction of sp³-hybridized carbons (Fsp3) is 0.556. The van der Waals surface area contributed by atoms with Gasteiger partial charge in [0.25, 0.3) is 0 Å². The molecule has 3 nitrogen and oxygen atoms in total. The van der Waals surface area contributed by atoms with Crippen LogP contribution in [0.2, 0.25) is 0 Å². The van der Waals surface area contributed by atoms with Gasteiger partial charge in [-0.2, -0.15) is 0 Å². The summed E-state index contributed by atoms with van der Waals surface area (Å²) in [5, 5.41) is 10.4. The van der Waals surface area contributed by atoms with Crippen LogP contribution in [0.4, 0.5) is 0 Å². The minimum atomic E-state index is -0.391. The Morgan fingerprint density at radius 1 is 1.29 bits per heavy atom. The van der Waals surface area contributed by atoms with Gasteiger partial charge in [-0.1, -0.05) is 42.0 Å². The van der Waals surface area contributed by atoms with E-state index < -0.39 is 6.10 Å². The molecule has 2 atom stereocenters. The molecule has 0 radical (unpaired) electrons. The highest BCUT2D eigenvalue weighted by Crippen LogP contribution is 2.17. The van der Waals surface area contributed by atoms with Crippen LogP contribution >= 0.6 is 0 Å². The number of hydrogen-bond donors (Lipinski definition) is 1. The van der Waals surface area contributed by atoms with Crippen LogP contribution in [-0.2, 0) is 0 Å². The molecule has 3 heteroatoms. The number of allylic oxidation sites excluding steroid dienone is 1. The molecule has 116 valence electrons. The number of aliphatic hydroxyl groups excluding tert-OH is 1. The molecule has 21 heavy (non-hydrogen) atoms. The van der Waals surface area contributed by atoms with Gasteiger partial charge in [0.05, 0.1) is 6.10 Å². The summed E-state index contributed by atoms with van der Waals surface area (Å²) < 4.78 is 0. The lowest BCUT2D eigenvalue weighted by atomic mass is 10.1. The lowest BCUT2D eigenvalue weighted by Crippen LogP contribution is -2.52. The molecule has 1 fully saturated rings. The van der Waals surface area contributed by atoms with E-state index in [1.54, 1.807) is 0 Å². The highest BCUT2D eigenvalue weighted by atomic mass is 16.3. The van der Waals surface area contributed by atoms with Crippen molar-refractivity contribution in [2.45, 2.75) is 32.9 Å². The van der Waals surface area contributed by atoms with Gasteiger partial charge in [-0.15, -0.1) is 0 Å². The Bertz CT molecular complexity index is 454. The summed E-state index contributed by atoms with van der Waals surface area (Å²) in [6, 6.07) is 10.4. The Kier molecular flexibility index (Phi) is 5.97. The molecule has 0 saturated carbocycles. The molecular formula is C18H28N2O. The van der Waals surface area contributed by atoms with Crippen molar-refractivity contribution in [3.63, 3.8) is 0 Å². The largest absolute Gasteiger partial charge is 0.387 e. The molecule has 1 aromatic rings. The Hall–Kier alpha value is -1.16. The lowest BCUT2D eigenvalue weighted by Gasteiger charge is -2.40. The molecular weight excluding hydrogens is 260 g/mol. The highest BCUT2D eigenvalue weighted by molar-refractivity contribution is 5.17. The molecule has 1 aromatic carbocycles. The zero-order chi connectivity index (χ0) is 15.2. The fourth-order valence-electron chi connectivity index (χ4n) is 2.82. The Morgan fingerprint density at radius 2 is 2.00 bits per heavy atom. The topological polar surface area (TPSA) is 26.7 Å². The quantitative estimate of drug-likeness (QED) is 0.844. The van der Waals surface area contributed by atoms with Crippen molar-refractivity contribution in [1.82, 2.24) is 9.80 Å². The maximum Gasteiger partial charge on any atom is 0.0917 e. The van der Waals surface area contributed by atoms with Crippen molar-refractivity contribution >= 4 is 0 Å². The average Bonchev–Trinajstić information content (AvgIpc) is 2.48. The van der Waals surface area contributed by atoms with Gasteiger partial charge < -0.3 is 5.11 Å². The number of rotatable bonds is 5. The van der Waals surface area contributed by atoms with Crippen LogP contribution in [0.1, 0.15) is 32.4 Å². The van der Waals surface area contributed by atoms with E-state index in [0.717, 1.165) is 38.3 Å². The maximum absolute atomic E-state index is 10.4. The van der Waals surface area contributed by atoms with Crippen molar-refractivity contribution < 1.29 is 5.11 Å². The number of piperazine rings is 1. The fourth-order valence-corrected chi connectivity index (χ4v) is 2.82. The minimum Gasteiger partial charge on any atom is -0.387 e. The number of aliphatic hydroxyl groups is 1. The summed E-state index contributed by atoms with van der Waals surface area (Å²) in [6.45, 7) is 11.5. The van der Waals surface area contributed by atoms with Gasteiger partial charge in [0.2, 0.25) is 0 Å². The summed E-state index contributed by atoms with van der Waals surface area (Å²) in [5.74, 6) is 0. The van der Waals surface area contributed by atoms with Crippen LogP contribution in [0, 0.1) is 0 Å². The van der Waals surface area contributed by atoms with Crippen molar-refractivity contribution in [3.05, 3.63) is 47.5 Å². The van der Waals surface area contributed by atoms with Gasteiger partial charge in [-0.05, 0) is 26.3 Å². The molecule has 0 aromatic heterocycles. The zero-order valence-electron chi connectivity index (χ0n) is 13.5. The van der Waals surface area contributed by atoms with Crippen molar-refractivity contribution in [2.24, 2.45) is 0 Å². The van der Waals surface area contributed by atoms with E-state index in [1.807, 2.05) is 30.3 Å². The second-order valence-corrected chi connectivity index (χ2v) is 6.31. The van der Waals surface area contributed by atoms with E-state index in [-0.39, 0.29) is 0 Å². The summed E-state index contributed by atoms with van der Waals surface area (Å²) in [5.41, 5.74) is 2.39. The molecule has 1 aliphatic rings. The third kappa shape index (κ3) is 4.95. The van der Waals surface area contributed by atoms with Crippen molar-refractivity contribution in [2.75, 3.05) is 32.7 Å². The monoisotopic (exact) mass is 288 g/mol. The Labute approximate surface area is 128 Å². The first-order valence-electron chi connectivity index (χ1n) is 7.89. The van der Waals surface area contributed by atoms with Crippen LogP contribution < -0.4 is 0 Å². The van der Waals surface area contributed by atoms with E-state index >= 15 is 0 Å². The molecule has 1 saturated heterocycles. The van der Waals surface area contributed by atoms with E-state index in [1.165, 1.54) is 5.57 Å². The van der Waals surface area contributed by atoms with E-state index in [4.69, 9.17) is 0 Å². The van der Waals surface area contributed by atoms with Crippen LogP contribution in [0.25, 0.3) is 0 Å².